The zero-order valence-corrected chi connectivity index (χ0v) is 10.9. The predicted octanol–water partition coefficient (Wildman–Crippen LogP) is 3.78. The van der Waals surface area contributed by atoms with E-state index in [1.165, 1.54) is 0 Å². The van der Waals surface area contributed by atoms with E-state index in [1.54, 1.807) is 13.0 Å². The topological polar surface area (TPSA) is 26.3 Å². The lowest BCUT2D eigenvalue weighted by atomic mass is 10.0. The third-order valence-corrected chi connectivity index (χ3v) is 2.62. The van der Waals surface area contributed by atoms with E-state index in [1.807, 2.05) is 32.9 Å². The summed E-state index contributed by atoms with van der Waals surface area (Å²) in [6, 6.07) is 5.50. The first-order chi connectivity index (χ1) is 7.30. The Morgan fingerprint density at radius 1 is 1.44 bits per heavy atom. The van der Waals surface area contributed by atoms with Crippen LogP contribution in [0.4, 0.5) is 0 Å². The summed E-state index contributed by atoms with van der Waals surface area (Å²) in [7, 11) is 0. The van der Waals surface area contributed by atoms with Crippen LogP contribution >= 0.6 is 11.6 Å². The Hall–Kier alpha value is -1.02. The van der Waals surface area contributed by atoms with Gasteiger partial charge in [-0.2, -0.15) is 0 Å². The monoisotopic (exact) mass is 240 g/mol. The number of Topliss-reactive ketones (excluding diaryl/α,β-unsaturated/α-hetero) is 1. The lowest BCUT2D eigenvalue weighted by molar-refractivity contribution is -0.120. The highest BCUT2D eigenvalue weighted by Gasteiger charge is 2.22. The Morgan fingerprint density at radius 2 is 2.06 bits per heavy atom. The molecular weight excluding hydrogens is 224 g/mol. The molecule has 1 aromatic rings. The number of benzene rings is 1. The first-order valence-corrected chi connectivity index (χ1v) is 5.62. The van der Waals surface area contributed by atoms with Gasteiger partial charge in [-0.15, -0.1) is 0 Å². The molecule has 88 valence electrons. The molecule has 0 atom stereocenters. The number of hydrogen-bond donors (Lipinski definition) is 0. The normalized spacial score (nSPS) is 11.3. The van der Waals surface area contributed by atoms with Gasteiger partial charge in [0.25, 0.3) is 0 Å². The van der Waals surface area contributed by atoms with E-state index in [2.05, 4.69) is 0 Å². The highest BCUT2D eigenvalue weighted by atomic mass is 35.5. The molecule has 0 saturated heterocycles. The maximum absolute atomic E-state index is 11.1. The summed E-state index contributed by atoms with van der Waals surface area (Å²) in [4.78, 5) is 11.1. The van der Waals surface area contributed by atoms with E-state index in [-0.39, 0.29) is 5.78 Å². The highest BCUT2D eigenvalue weighted by Crippen LogP contribution is 2.25. The van der Waals surface area contributed by atoms with Gasteiger partial charge in [-0.1, -0.05) is 11.6 Å². The molecule has 0 aliphatic rings. The van der Waals surface area contributed by atoms with Crippen molar-refractivity contribution in [2.75, 3.05) is 0 Å². The van der Waals surface area contributed by atoms with Gasteiger partial charge < -0.3 is 4.74 Å². The van der Waals surface area contributed by atoms with Crippen molar-refractivity contribution in [3.63, 3.8) is 0 Å². The van der Waals surface area contributed by atoms with Crippen molar-refractivity contribution >= 4 is 17.4 Å². The molecule has 0 unspecified atom stereocenters. The fraction of sp³-hybridized carbons (Fsp3) is 0.462. The van der Waals surface area contributed by atoms with Crippen LogP contribution in [0.25, 0.3) is 0 Å². The third-order valence-electron chi connectivity index (χ3n) is 2.20. The van der Waals surface area contributed by atoms with E-state index in [0.29, 0.717) is 6.42 Å². The zero-order valence-electron chi connectivity index (χ0n) is 10.1. The third kappa shape index (κ3) is 3.86. The summed E-state index contributed by atoms with van der Waals surface area (Å²) in [6.07, 6.45) is 0.397. The quantitative estimate of drug-likeness (QED) is 0.801. The molecule has 0 radical (unpaired) electrons. The van der Waals surface area contributed by atoms with E-state index in [0.717, 1.165) is 16.3 Å². The maximum atomic E-state index is 11.1. The molecule has 1 aromatic carbocycles. The maximum Gasteiger partial charge on any atom is 0.133 e. The van der Waals surface area contributed by atoms with Gasteiger partial charge >= 0.3 is 0 Å². The lowest BCUT2D eigenvalue weighted by Crippen LogP contribution is -2.30. The molecule has 0 aliphatic carbocycles. The number of halogens is 1. The minimum absolute atomic E-state index is 0.121. The molecule has 1 rings (SSSR count). The van der Waals surface area contributed by atoms with Crippen molar-refractivity contribution in [3.8, 4) is 5.75 Å². The SMILES string of the molecule is CC(=O)CC(C)(C)Oc1ccc(Cl)c(C)c1. The molecule has 0 amide bonds. The molecule has 3 heteroatoms. The number of hydrogen-bond acceptors (Lipinski definition) is 2. The number of ether oxygens (including phenoxy) is 1. The van der Waals surface area contributed by atoms with Crippen LogP contribution in [0.3, 0.4) is 0 Å². The van der Waals surface area contributed by atoms with Crippen LogP contribution in [0.15, 0.2) is 18.2 Å². The fourth-order valence-electron chi connectivity index (χ4n) is 1.64. The molecule has 16 heavy (non-hydrogen) atoms. The molecule has 0 bridgehead atoms. The Bertz CT molecular complexity index is 397. The smallest absolute Gasteiger partial charge is 0.133 e. The zero-order chi connectivity index (χ0) is 12.3. The molecule has 0 N–H and O–H groups in total. The Labute approximate surface area is 102 Å². The average Bonchev–Trinajstić information content (AvgIpc) is 2.08. The second-order valence-corrected chi connectivity index (χ2v) is 5.06. The van der Waals surface area contributed by atoms with Crippen molar-refractivity contribution in [2.45, 2.75) is 39.7 Å². The van der Waals surface area contributed by atoms with Gasteiger partial charge in [0, 0.05) is 11.4 Å². The summed E-state index contributed by atoms with van der Waals surface area (Å²) in [5.74, 6) is 0.865. The van der Waals surface area contributed by atoms with Gasteiger partial charge in [0.2, 0.25) is 0 Å². The Kier molecular flexibility index (Phi) is 3.98. The highest BCUT2D eigenvalue weighted by molar-refractivity contribution is 6.31. The molecule has 0 fully saturated rings. The molecular formula is C13H17ClO2. The van der Waals surface area contributed by atoms with Crippen LogP contribution in [0.2, 0.25) is 5.02 Å². The van der Waals surface area contributed by atoms with Crippen molar-refractivity contribution in [2.24, 2.45) is 0 Å². The lowest BCUT2D eigenvalue weighted by Gasteiger charge is -2.25. The minimum Gasteiger partial charge on any atom is -0.487 e. The number of rotatable bonds is 4. The van der Waals surface area contributed by atoms with Crippen LogP contribution in [0.5, 0.6) is 5.75 Å². The van der Waals surface area contributed by atoms with Crippen molar-refractivity contribution in [1.82, 2.24) is 0 Å². The summed E-state index contributed by atoms with van der Waals surface area (Å²) in [6.45, 7) is 7.29. The molecule has 0 aliphatic heterocycles. The van der Waals surface area contributed by atoms with Gasteiger partial charge in [-0.05, 0) is 51.5 Å². The van der Waals surface area contributed by atoms with Gasteiger partial charge in [0.05, 0.1) is 0 Å². The first-order valence-electron chi connectivity index (χ1n) is 5.25. The summed E-state index contributed by atoms with van der Waals surface area (Å²) < 4.78 is 5.77. The van der Waals surface area contributed by atoms with Gasteiger partial charge in [-0.3, -0.25) is 4.79 Å². The minimum atomic E-state index is -0.480. The van der Waals surface area contributed by atoms with Crippen LogP contribution in [-0.2, 0) is 4.79 Å². The van der Waals surface area contributed by atoms with Gasteiger partial charge in [-0.25, -0.2) is 0 Å². The number of carbonyl (C=O) groups excluding carboxylic acids is 1. The number of aryl methyl sites for hydroxylation is 1. The van der Waals surface area contributed by atoms with Crippen LogP contribution in [0.1, 0.15) is 32.8 Å². The molecule has 0 aromatic heterocycles. The van der Waals surface area contributed by atoms with Crippen molar-refractivity contribution in [3.05, 3.63) is 28.8 Å². The van der Waals surface area contributed by atoms with Crippen LogP contribution < -0.4 is 4.74 Å². The number of ketones is 1. The molecule has 0 spiro atoms. The van der Waals surface area contributed by atoms with E-state index >= 15 is 0 Å². The molecule has 0 saturated carbocycles. The van der Waals surface area contributed by atoms with Crippen LogP contribution in [0, 0.1) is 6.92 Å². The average molecular weight is 241 g/mol. The number of carbonyl (C=O) groups is 1. The fourth-order valence-corrected chi connectivity index (χ4v) is 1.75. The van der Waals surface area contributed by atoms with E-state index < -0.39 is 5.60 Å². The summed E-state index contributed by atoms with van der Waals surface area (Å²) in [5.41, 5.74) is 0.490. The predicted molar refractivity (Wildman–Crippen MR) is 66.2 cm³/mol. The summed E-state index contributed by atoms with van der Waals surface area (Å²) >= 11 is 5.93. The van der Waals surface area contributed by atoms with Gasteiger partial charge in [0.1, 0.15) is 17.1 Å². The van der Waals surface area contributed by atoms with Crippen LogP contribution in [-0.4, -0.2) is 11.4 Å². The van der Waals surface area contributed by atoms with E-state index in [4.69, 9.17) is 16.3 Å². The first kappa shape index (κ1) is 13.0. The van der Waals surface area contributed by atoms with Gasteiger partial charge in [0.15, 0.2) is 0 Å². The van der Waals surface area contributed by atoms with Crippen molar-refractivity contribution < 1.29 is 9.53 Å². The second-order valence-electron chi connectivity index (χ2n) is 4.65. The Morgan fingerprint density at radius 3 is 2.56 bits per heavy atom. The van der Waals surface area contributed by atoms with Crippen molar-refractivity contribution in [1.29, 1.82) is 0 Å². The Balaban J connectivity index is 2.79. The van der Waals surface area contributed by atoms with E-state index in [9.17, 15) is 4.79 Å². The standard InChI is InChI=1S/C13H17ClO2/c1-9-7-11(5-6-12(9)14)16-13(3,4)8-10(2)15/h5-7H,8H2,1-4H3. The summed E-state index contributed by atoms with van der Waals surface area (Å²) in [5, 5.41) is 0.719. The molecule has 0 heterocycles. The molecule has 2 nitrogen and oxygen atoms in total. The second kappa shape index (κ2) is 4.88. The largest absolute Gasteiger partial charge is 0.487 e.